The molecule has 7 heteroatoms. The van der Waals surface area contributed by atoms with E-state index in [1.54, 1.807) is 29.7 Å². The van der Waals surface area contributed by atoms with Crippen LogP contribution >= 0.6 is 23.2 Å². The number of hydrogen-bond acceptors (Lipinski definition) is 4. The number of rotatable bonds is 3. The fraction of sp³-hybridized carbons (Fsp3) is 0.294. The molecule has 0 bridgehead atoms. The van der Waals surface area contributed by atoms with Gasteiger partial charge in [-0.2, -0.15) is 0 Å². The zero-order valence-corrected chi connectivity index (χ0v) is 15.1. The highest BCUT2D eigenvalue weighted by Crippen LogP contribution is 2.32. The number of aromatic nitrogens is 4. The number of fused-ring (bicyclic) bond motifs is 1. The Hall–Kier alpha value is -1.98. The van der Waals surface area contributed by atoms with Crippen molar-refractivity contribution in [2.45, 2.75) is 33.2 Å². The maximum absolute atomic E-state index is 12.5. The standard InChI is InChI=1S/C17H16Cl2N4O/c1-4-9(2)23-16-15(22-10(3)17(23)24)14(20-8-21-16)12-6-5-11(18)7-13(12)19/h5-9H,4H2,1-3H3. The van der Waals surface area contributed by atoms with Gasteiger partial charge in [0.2, 0.25) is 0 Å². The van der Waals surface area contributed by atoms with E-state index in [4.69, 9.17) is 23.2 Å². The first kappa shape index (κ1) is 16.9. The summed E-state index contributed by atoms with van der Waals surface area (Å²) in [5, 5.41) is 1.02. The van der Waals surface area contributed by atoms with Crippen molar-refractivity contribution < 1.29 is 0 Å². The average Bonchev–Trinajstić information content (AvgIpc) is 2.55. The molecule has 3 aromatic rings. The third-order valence-corrected chi connectivity index (χ3v) is 4.60. The van der Waals surface area contributed by atoms with Gasteiger partial charge in [-0.1, -0.05) is 30.1 Å². The second-order valence-corrected chi connectivity index (χ2v) is 6.49. The molecule has 1 unspecified atom stereocenters. The molecular formula is C17H16Cl2N4O. The van der Waals surface area contributed by atoms with E-state index in [-0.39, 0.29) is 11.6 Å². The summed E-state index contributed by atoms with van der Waals surface area (Å²) in [4.78, 5) is 25.6. The molecule has 124 valence electrons. The van der Waals surface area contributed by atoms with Gasteiger partial charge in [-0.25, -0.2) is 15.0 Å². The minimum absolute atomic E-state index is 0.00476. The van der Waals surface area contributed by atoms with Gasteiger partial charge >= 0.3 is 0 Å². The smallest absolute Gasteiger partial charge is 0.273 e. The lowest BCUT2D eigenvalue weighted by Gasteiger charge is -2.17. The van der Waals surface area contributed by atoms with Crippen molar-refractivity contribution in [1.29, 1.82) is 0 Å². The summed E-state index contributed by atoms with van der Waals surface area (Å²) in [6.45, 7) is 5.70. The van der Waals surface area contributed by atoms with Crippen LogP contribution in [0.5, 0.6) is 0 Å². The Morgan fingerprint density at radius 3 is 2.67 bits per heavy atom. The van der Waals surface area contributed by atoms with Gasteiger partial charge in [-0.05, 0) is 38.5 Å². The number of nitrogens with zero attached hydrogens (tertiary/aromatic N) is 4. The normalized spacial score (nSPS) is 12.5. The summed E-state index contributed by atoms with van der Waals surface area (Å²) in [7, 11) is 0. The highest BCUT2D eigenvalue weighted by atomic mass is 35.5. The fourth-order valence-corrected chi connectivity index (χ4v) is 3.10. The molecule has 5 nitrogen and oxygen atoms in total. The molecule has 1 atom stereocenters. The van der Waals surface area contributed by atoms with Crippen LogP contribution in [-0.2, 0) is 0 Å². The average molecular weight is 363 g/mol. The maximum atomic E-state index is 12.5. The lowest BCUT2D eigenvalue weighted by atomic mass is 10.1. The number of halogens is 2. The van der Waals surface area contributed by atoms with E-state index in [1.807, 2.05) is 13.8 Å². The predicted octanol–water partition coefficient (Wildman–Crippen LogP) is 4.44. The van der Waals surface area contributed by atoms with Crippen LogP contribution in [0.25, 0.3) is 22.4 Å². The lowest BCUT2D eigenvalue weighted by Crippen LogP contribution is -2.27. The summed E-state index contributed by atoms with van der Waals surface area (Å²) in [6, 6.07) is 5.20. The number of benzene rings is 1. The van der Waals surface area contributed by atoms with Crippen LogP contribution < -0.4 is 5.56 Å². The molecular weight excluding hydrogens is 347 g/mol. The largest absolute Gasteiger partial charge is 0.287 e. The Kier molecular flexibility index (Phi) is 4.56. The van der Waals surface area contributed by atoms with Crippen molar-refractivity contribution >= 4 is 34.4 Å². The first-order chi connectivity index (χ1) is 11.4. The first-order valence-electron chi connectivity index (χ1n) is 7.63. The summed E-state index contributed by atoms with van der Waals surface area (Å²) < 4.78 is 1.67. The van der Waals surface area contributed by atoms with E-state index in [0.717, 1.165) is 6.42 Å². The van der Waals surface area contributed by atoms with E-state index in [0.29, 0.717) is 38.2 Å². The van der Waals surface area contributed by atoms with Gasteiger partial charge in [0.05, 0.1) is 5.02 Å². The predicted molar refractivity (Wildman–Crippen MR) is 96.8 cm³/mol. The van der Waals surface area contributed by atoms with Crippen LogP contribution in [0.1, 0.15) is 32.0 Å². The molecule has 3 rings (SSSR count). The molecule has 2 heterocycles. The Labute approximate surface area is 149 Å². The molecule has 24 heavy (non-hydrogen) atoms. The van der Waals surface area contributed by atoms with E-state index < -0.39 is 0 Å². The summed E-state index contributed by atoms with van der Waals surface area (Å²) in [6.07, 6.45) is 2.23. The van der Waals surface area contributed by atoms with Crippen molar-refractivity contribution in [3.63, 3.8) is 0 Å². The van der Waals surface area contributed by atoms with Crippen molar-refractivity contribution in [2.75, 3.05) is 0 Å². The molecule has 0 spiro atoms. The molecule has 0 N–H and O–H groups in total. The minimum Gasteiger partial charge on any atom is -0.287 e. The highest BCUT2D eigenvalue weighted by Gasteiger charge is 2.18. The third kappa shape index (κ3) is 2.78. The zero-order chi connectivity index (χ0) is 17.4. The Bertz CT molecular complexity index is 984. The van der Waals surface area contributed by atoms with Crippen LogP contribution in [-0.4, -0.2) is 19.5 Å². The van der Waals surface area contributed by atoms with Crippen molar-refractivity contribution in [3.05, 3.63) is 50.6 Å². The van der Waals surface area contributed by atoms with Gasteiger partial charge in [0.25, 0.3) is 5.56 Å². The topological polar surface area (TPSA) is 60.7 Å². The molecule has 0 amide bonds. The van der Waals surface area contributed by atoms with Crippen LogP contribution in [0.15, 0.2) is 29.3 Å². The van der Waals surface area contributed by atoms with Crippen LogP contribution in [0, 0.1) is 6.92 Å². The number of aryl methyl sites for hydroxylation is 1. The van der Waals surface area contributed by atoms with Crippen molar-refractivity contribution in [3.8, 4) is 11.3 Å². The molecule has 0 aliphatic carbocycles. The Morgan fingerprint density at radius 2 is 2.00 bits per heavy atom. The monoisotopic (exact) mass is 362 g/mol. The summed E-state index contributed by atoms with van der Waals surface area (Å²) in [5.74, 6) is 0. The fourth-order valence-electron chi connectivity index (χ4n) is 2.60. The summed E-state index contributed by atoms with van der Waals surface area (Å²) in [5.41, 5.74) is 2.62. The van der Waals surface area contributed by atoms with Gasteiger partial charge in [-0.15, -0.1) is 0 Å². The second kappa shape index (κ2) is 6.49. The Balaban J connectivity index is 2.40. The molecule has 0 saturated heterocycles. The van der Waals surface area contributed by atoms with Gasteiger partial charge in [0.15, 0.2) is 5.65 Å². The van der Waals surface area contributed by atoms with Crippen LogP contribution in [0.2, 0.25) is 10.0 Å². The molecule has 1 aromatic carbocycles. The molecule has 0 radical (unpaired) electrons. The highest BCUT2D eigenvalue weighted by molar-refractivity contribution is 6.36. The Morgan fingerprint density at radius 1 is 1.25 bits per heavy atom. The van der Waals surface area contributed by atoms with E-state index >= 15 is 0 Å². The molecule has 2 aromatic heterocycles. The molecule has 0 aliphatic heterocycles. The summed E-state index contributed by atoms with van der Waals surface area (Å²) >= 11 is 12.3. The van der Waals surface area contributed by atoms with Crippen molar-refractivity contribution in [1.82, 2.24) is 19.5 Å². The molecule has 0 fully saturated rings. The molecule has 0 aliphatic rings. The first-order valence-corrected chi connectivity index (χ1v) is 8.38. The SMILES string of the molecule is CCC(C)n1c(=O)c(C)nc2c(-c3ccc(Cl)cc3Cl)ncnc21. The van der Waals surface area contributed by atoms with Crippen molar-refractivity contribution in [2.24, 2.45) is 0 Å². The molecule has 0 saturated carbocycles. The van der Waals surface area contributed by atoms with Crippen LogP contribution in [0.3, 0.4) is 0 Å². The van der Waals surface area contributed by atoms with Gasteiger partial charge in [0, 0.05) is 16.6 Å². The lowest BCUT2D eigenvalue weighted by molar-refractivity contribution is 0.523. The number of hydrogen-bond donors (Lipinski definition) is 0. The van der Waals surface area contributed by atoms with Crippen LogP contribution in [0.4, 0.5) is 0 Å². The minimum atomic E-state index is -0.135. The third-order valence-electron chi connectivity index (χ3n) is 4.06. The van der Waals surface area contributed by atoms with Gasteiger partial charge in [0.1, 0.15) is 23.2 Å². The van der Waals surface area contributed by atoms with Gasteiger partial charge < -0.3 is 0 Å². The maximum Gasteiger partial charge on any atom is 0.273 e. The zero-order valence-electron chi connectivity index (χ0n) is 13.5. The second-order valence-electron chi connectivity index (χ2n) is 5.65. The van der Waals surface area contributed by atoms with E-state index in [2.05, 4.69) is 15.0 Å². The van der Waals surface area contributed by atoms with E-state index in [1.165, 1.54) is 6.33 Å². The van der Waals surface area contributed by atoms with Gasteiger partial charge in [-0.3, -0.25) is 9.36 Å². The van der Waals surface area contributed by atoms with E-state index in [9.17, 15) is 4.79 Å². The quantitative estimate of drug-likeness (QED) is 0.690.